The lowest BCUT2D eigenvalue weighted by atomic mass is 9.66. The number of ether oxygens (including phenoxy) is 5. The van der Waals surface area contributed by atoms with Crippen LogP contribution in [0.3, 0.4) is 0 Å². The molecule has 0 amide bonds. The Morgan fingerprint density at radius 1 is 0.897 bits per heavy atom. The molecule has 1 heterocycles. The highest BCUT2D eigenvalue weighted by Crippen LogP contribution is 2.48. The molecule has 7 atom stereocenters. The number of rotatable bonds is 8. The highest BCUT2D eigenvalue weighted by Gasteiger charge is 2.42. The van der Waals surface area contributed by atoms with Crippen molar-refractivity contribution in [3.8, 4) is 17.2 Å². The van der Waals surface area contributed by atoms with Crippen LogP contribution in [0.25, 0.3) is 0 Å². The molecule has 0 saturated carbocycles. The number of methoxy groups -OCH3 is 3. The normalized spacial score (nSPS) is 29.0. The largest absolute Gasteiger partial charge is 0.496 e. The summed E-state index contributed by atoms with van der Waals surface area (Å²) in [6.45, 7) is 6.33. The van der Waals surface area contributed by atoms with E-state index in [1.165, 1.54) is 0 Å². The highest BCUT2D eigenvalue weighted by atomic mass is 16.7. The monoisotopic (exact) mass is 546 g/mol. The van der Waals surface area contributed by atoms with Gasteiger partial charge in [0.05, 0.1) is 34.5 Å². The van der Waals surface area contributed by atoms with Crippen molar-refractivity contribution in [2.45, 2.75) is 63.1 Å². The van der Waals surface area contributed by atoms with Crippen LogP contribution in [0.4, 0.5) is 0 Å². The first-order valence-corrected chi connectivity index (χ1v) is 13.3. The fourth-order valence-electron chi connectivity index (χ4n) is 5.84. The van der Waals surface area contributed by atoms with Crippen LogP contribution in [-0.2, 0) is 21.3 Å². The second-order valence-corrected chi connectivity index (χ2v) is 11.5. The van der Waals surface area contributed by atoms with Crippen LogP contribution in [0.15, 0.2) is 30.3 Å². The summed E-state index contributed by atoms with van der Waals surface area (Å²) in [5.74, 6) is 1.45. The average Bonchev–Trinajstić information content (AvgIpc) is 2.93. The Bertz CT molecular complexity index is 1130. The second kappa shape index (κ2) is 12.0. The molecule has 1 fully saturated rings. The Kier molecular flexibility index (Phi) is 9.10. The maximum Gasteiger partial charge on any atom is 0.186 e. The Morgan fingerprint density at radius 3 is 2.18 bits per heavy atom. The summed E-state index contributed by atoms with van der Waals surface area (Å²) in [5.41, 5.74) is 3.99. The minimum atomic E-state index is -1.39. The molecule has 0 unspecified atom stereocenters. The zero-order valence-corrected chi connectivity index (χ0v) is 23.6. The van der Waals surface area contributed by atoms with Crippen LogP contribution in [0.1, 0.15) is 48.9 Å². The van der Waals surface area contributed by atoms with Gasteiger partial charge in [0.2, 0.25) is 0 Å². The van der Waals surface area contributed by atoms with E-state index in [0.29, 0.717) is 17.9 Å². The Morgan fingerprint density at radius 2 is 1.56 bits per heavy atom. The maximum absolute atomic E-state index is 10.5. The summed E-state index contributed by atoms with van der Waals surface area (Å²) in [4.78, 5) is 0. The Hall–Kier alpha value is -2.40. The summed E-state index contributed by atoms with van der Waals surface area (Å²) < 4.78 is 28.5. The summed E-state index contributed by atoms with van der Waals surface area (Å²) >= 11 is 0. The van der Waals surface area contributed by atoms with Gasteiger partial charge in [-0.1, -0.05) is 32.9 Å². The smallest absolute Gasteiger partial charge is 0.186 e. The number of fused-ring (bicyclic) bond motifs is 1. The molecule has 9 nitrogen and oxygen atoms in total. The van der Waals surface area contributed by atoms with Gasteiger partial charge in [-0.15, -0.1) is 0 Å². The van der Waals surface area contributed by atoms with Crippen molar-refractivity contribution in [2.24, 2.45) is 11.8 Å². The first-order valence-electron chi connectivity index (χ1n) is 13.3. The lowest BCUT2D eigenvalue weighted by Gasteiger charge is -2.42. The molecule has 9 heteroatoms. The van der Waals surface area contributed by atoms with Gasteiger partial charge in [0, 0.05) is 12.5 Å². The maximum atomic E-state index is 10.5. The average molecular weight is 547 g/mol. The van der Waals surface area contributed by atoms with E-state index in [0.717, 1.165) is 28.0 Å². The standard InChI is InChI=1S/C30H42O9/c1-30(2,3)21-10-16(7-8-23(21)35-4)26-19-12-25(37-6)24(36-5)11-17(19)9-18(13-31)20(26)14-38-29-28(34)27(33)22(32)15-39-29/h7-8,10-12,18,20,22,26-29,31-34H,9,13-15H2,1-6H3/t18-,20-,22-,26-,27+,28-,29-/m1/s1. The molecule has 4 rings (SSSR count). The van der Waals surface area contributed by atoms with E-state index < -0.39 is 24.6 Å². The summed E-state index contributed by atoms with van der Waals surface area (Å²) in [7, 11) is 4.87. The lowest BCUT2D eigenvalue weighted by molar-refractivity contribution is -0.274. The number of aliphatic hydroxyl groups is 4. The van der Waals surface area contributed by atoms with E-state index in [-0.39, 0.29) is 43.0 Å². The molecule has 4 N–H and O–H groups in total. The van der Waals surface area contributed by atoms with Crippen LogP contribution in [0.2, 0.25) is 0 Å². The van der Waals surface area contributed by atoms with Crippen LogP contribution in [0, 0.1) is 11.8 Å². The van der Waals surface area contributed by atoms with Crippen LogP contribution in [0.5, 0.6) is 17.2 Å². The molecular weight excluding hydrogens is 504 g/mol. The third kappa shape index (κ3) is 5.89. The van der Waals surface area contributed by atoms with Gasteiger partial charge in [-0.25, -0.2) is 0 Å². The van der Waals surface area contributed by atoms with Gasteiger partial charge < -0.3 is 44.1 Å². The number of benzene rings is 2. The van der Waals surface area contributed by atoms with E-state index >= 15 is 0 Å². The molecule has 1 saturated heterocycles. The van der Waals surface area contributed by atoms with E-state index in [2.05, 4.69) is 26.8 Å². The molecular formula is C30H42O9. The van der Waals surface area contributed by atoms with Gasteiger partial charge in [-0.2, -0.15) is 0 Å². The van der Waals surface area contributed by atoms with Crippen molar-refractivity contribution < 1.29 is 44.1 Å². The molecule has 0 radical (unpaired) electrons. The highest BCUT2D eigenvalue weighted by molar-refractivity contribution is 5.54. The van der Waals surface area contributed by atoms with E-state index in [1.54, 1.807) is 21.3 Å². The van der Waals surface area contributed by atoms with Gasteiger partial charge >= 0.3 is 0 Å². The second-order valence-electron chi connectivity index (χ2n) is 11.5. The predicted octanol–water partition coefficient (Wildman–Crippen LogP) is 2.38. The minimum Gasteiger partial charge on any atom is -0.496 e. The Balaban J connectivity index is 1.80. The van der Waals surface area contributed by atoms with E-state index in [4.69, 9.17) is 23.7 Å². The summed E-state index contributed by atoms with van der Waals surface area (Å²) in [5, 5.41) is 41.0. The predicted molar refractivity (Wildman–Crippen MR) is 145 cm³/mol. The first kappa shape index (κ1) is 29.6. The van der Waals surface area contributed by atoms with Gasteiger partial charge in [-0.05, 0) is 64.1 Å². The third-order valence-electron chi connectivity index (χ3n) is 8.03. The Labute approximate surface area is 230 Å². The molecule has 0 spiro atoms. The molecule has 0 aromatic heterocycles. The van der Waals surface area contributed by atoms with Gasteiger partial charge in [0.1, 0.15) is 24.1 Å². The quantitative estimate of drug-likeness (QED) is 0.395. The minimum absolute atomic E-state index is 0.0734. The molecule has 216 valence electrons. The van der Waals surface area contributed by atoms with E-state index in [1.807, 2.05) is 24.3 Å². The molecule has 1 aliphatic heterocycles. The third-order valence-corrected chi connectivity index (χ3v) is 8.03. The summed E-state index contributed by atoms with van der Waals surface area (Å²) in [6.07, 6.45) is -4.46. The van der Waals surface area contributed by atoms with Crippen molar-refractivity contribution in [1.82, 2.24) is 0 Å². The molecule has 0 bridgehead atoms. The summed E-state index contributed by atoms with van der Waals surface area (Å²) in [6, 6.07) is 10.1. The van der Waals surface area contributed by atoms with Crippen LogP contribution in [-0.4, -0.2) is 86.2 Å². The van der Waals surface area contributed by atoms with Crippen molar-refractivity contribution in [2.75, 3.05) is 41.2 Å². The first-order chi connectivity index (χ1) is 18.5. The topological polar surface area (TPSA) is 127 Å². The van der Waals surface area contributed by atoms with Crippen molar-refractivity contribution >= 4 is 0 Å². The van der Waals surface area contributed by atoms with Crippen molar-refractivity contribution in [1.29, 1.82) is 0 Å². The van der Waals surface area contributed by atoms with E-state index in [9.17, 15) is 20.4 Å². The number of hydrogen-bond donors (Lipinski definition) is 4. The fourth-order valence-corrected chi connectivity index (χ4v) is 5.84. The molecule has 1 aliphatic carbocycles. The molecule has 2 aromatic carbocycles. The molecule has 39 heavy (non-hydrogen) atoms. The van der Waals surface area contributed by atoms with Crippen LogP contribution >= 0.6 is 0 Å². The molecule has 2 aromatic rings. The van der Waals surface area contributed by atoms with Crippen molar-refractivity contribution in [3.63, 3.8) is 0 Å². The zero-order chi connectivity index (χ0) is 28.5. The number of aliphatic hydroxyl groups excluding tert-OH is 4. The van der Waals surface area contributed by atoms with Gasteiger partial charge in [0.25, 0.3) is 0 Å². The zero-order valence-electron chi connectivity index (χ0n) is 23.6. The van der Waals surface area contributed by atoms with Crippen LogP contribution < -0.4 is 14.2 Å². The molecule has 2 aliphatic rings. The fraction of sp³-hybridized carbons (Fsp3) is 0.600. The lowest BCUT2D eigenvalue weighted by Crippen LogP contribution is -2.54. The number of hydrogen-bond acceptors (Lipinski definition) is 9. The van der Waals surface area contributed by atoms with Gasteiger partial charge in [0.15, 0.2) is 17.8 Å². The van der Waals surface area contributed by atoms with Crippen molar-refractivity contribution in [3.05, 3.63) is 52.6 Å². The van der Waals surface area contributed by atoms with Gasteiger partial charge in [-0.3, -0.25) is 0 Å². The SMILES string of the molecule is COc1cc2c(cc1OC)[C@@H](c1ccc(OC)c(C(C)(C)C)c1)[C@H](CO[C@@H]1OC[C@@H](O)[C@H](O)[C@H]1O)[C@@H](CO)C2.